The van der Waals surface area contributed by atoms with Crippen LogP contribution in [0.3, 0.4) is 0 Å². The first kappa shape index (κ1) is 11.4. The molecule has 3 unspecified atom stereocenters. The summed E-state index contributed by atoms with van der Waals surface area (Å²) in [5, 5.41) is 9.74. The van der Waals surface area contributed by atoms with Crippen molar-refractivity contribution in [1.29, 1.82) is 0 Å². The van der Waals surface area contributed by atoms with E-state index < -0.39 is 0 Å². The van der Waals surface area contributed by atoms with Gasteiger partial charge in [0, 0.05) is 12.1 Å². The molecule has 1 saturated heterocycles. The van der Waals surface area contributed by atoms with E-state index in [0.29, 0.717) is 6.04 Å². The topological polar surface area (TPSA) is 23.5 Å². The first-order chi connectivity index (χ1) is 7.18. The van der Waals surface area contributed by atoms with Crippen LogP contribution in [0.2, 0.25) is 0 Å². The minimum atomic E-state index is -0.0304. The highest BCUT2D eigenvalue weighted by Crippen LogP contribution is 2.32. The largest absolute Gasteiger partial charge is 0.393 e. The van der Waals surface area contributed by atoms with E-state index in [0.717, 1.165) is 24.8 Å². The average Bonchev–Trinajstić information content (AvgIpc) is 2.65. The van der Waals surface area contributed by atoms with Crippen molar-refractivity contribution >= 4 is 0 Å². The summed E-state index contributed by atoms with van der Waals surface area (Å²) in [6.45, 7) is 5.94. The standard InChI is InChI=1S/C13H25NO/c1-10(2)13-7-4-8-14(13)11-5-3-6-12(15)9-11/h10-13,15H,3-9H2,1-2H3. The third kappa shape index (κ3) is 2.54. The predicted octanol–water partition coefficient (Wildman–Crippen LogP) is 2.41. The van der Waals surface area contributed by atoms with Crippen molar-refractivity contribution in [1.82, 2.24) is 4.90 Å². The molecule has 0 spiro atoms. The number of nitrogens with zero attached hydrogens (tertiary/aromatic N) is 1. The van der Waals surface area contributed by atoms with Crippen molar-refractivity contribution < 1.29 is 5.11 Å². The molecule has 2 rings (SSSR count). The van der Waals surface area contributed by atoms with Gasteiger partial charge < -0.3 is 5.11 Å². The molecule has 2 aliphatic rings. The normalized spacial score (nSPS) is 38.8. The molecule has 1 aliphatic carbocycles. The lowest BCUT2D eigenvalue weighted by Crippen LogP contribution is -2.44. The van der Waals surface area contributed by atoms with E-state index in [1.54, 1.807) is 0 Å². The zero-order valence-electron chi connectivity index (χ0n) is 10.2. The smallest absolute Gasteiger partial charge is 0.0555 e. The second-order valence-corrected chi connectivity index (χ2v) is 5.67. The summed E-state index contributed by atoms with van der Waals surface area (Å²) in [7, 11) is 0. The van der Waals surface area contributed by atoms with Gasteiger partial charge in [-0.2, -0.15) is 0 Å². The fourth-order valence-corrected chi connectivity index (χ4v) is 3.42. The lowest BCUT2D eigenvalue weighted by Gasteiger charge is -2.38. The monoisotopic (exact) mass is 211 g/mol. The number of aliphatic hydroxyl groups is 1. The Kier molecular flexibility index (Phi) is 3.68. The number of hydrogen-bond donors (Lipinski definition) is 1. The molecule has 2 heteroatoms. The Balaban J connectivity index is 1.96. The van der Waals surface area contributed by atoms with Gasteiger partial charge in [0.1, 0.15) is 0 Å². The highest BCUT2D eigenvalue weighted by molar-refractivity contribution is 4.89. The van der Waals surface area contributed by atoms with Crippen LogP contribution in [-0.4, -0.2) is 34.7 Å². The molecule has 2 fully saturated rings. The third-order valence-electron chi connectivity index (χ3n) is 4.20. The zero-order valence-corrected chi connectivity index (χ0v) is 10.2. The molecule has 0 radical (unpaired) electrons. The van der Waals surface area contributed by atoms with E-state index in [9.17, 15) is 5.11 Å². The molecule has 1 heterocycles. The maximum absolute atomic E-state index is 9.74. The Bertz CT molecular complexity index is 205. The summed E-state index contributed by atoms with van der Waals surface area (Å²) >= 11 is 0. The zero-order chi connectivity index (χ0) is 10.8. The van der Waals surface area contributed by atoms with Crippen LogP contribution in [0, 0.1) is 5.92 Å². The Labute approximate surface area is 93.7 Å². The number of rotatable bonds is 2. The lowest BCUT2D eigenvalue weighted by molar-refractivity contribution is 0.0468. The maximum Gasteiger partial charge on any atom is 0.0555 e. The first-order valence-corrected chi connectivity index (χ1v) is 6.62. The molecule has 15 heavy (non-hydrogen) atoms. The van der Waals surface area contributed by atoms with Crippen LogP contribution in [0.4, 0.5) is 0 Å². The second-order valence-electron chi connectivity index (χ2n) is 5.67. The summed E-state index contributed by atoms with van der Waals surface area (Å²) in [6.07, 6.45) is 7.25. The van der Waals surface area contributed by atoms with Crippen molar-refractivity contribution in [3.8, 4) is 0 Å². The Morgan fingerprint density at radius 2 is 1.93 bits per heavy atom. The summed E-state index contributed by atoms with van der Waals surface area (Å²) in [5.74, 6) is 0.770. The van der Waals surface area contributed by atoms with Crippen LogP contribution < -0.4 is 0 Å². The van der Waals surface area contributed by atoms with E-state index >= 15 is 0 Å². The molecule has 1 N–H and O–H groups in total. The third-order valence-corrected chi connectivity index (χ3v) is 4.20. The molecule has 0 bridgehead atoms. The molecule has 3 atom stereocenters. The summed E-state index contributed by atoms with van der Waals surface area (Å²) in [5.41, 5.74) is 0. The van der Waals surface area contributed by atoms with Crippen LogP contribution in [0.25, 0.3) is 0 Å². The lowest BCUT2D eigenvalue weighted by atomic mass is 9.90. The van der Waals surface area contributed by atoms with E-state index in [2.05, 4.69) is 18.7 Å². The van der Waals surface area contributed by atoms with Gasteiger partial charge in [-0.3, -0.25) is 4.90 Å². The van der Waals surface area contributed by atoms with Crippen molar-refractivity contribution in [2.45, 2.75) is 70.6 Å². The first-order valence-electron chi connectivity index (χ1n) is 6.62. The van der Waals surface area contributed by atoms with Crippen LogP contribution in [0.1, 0.15) is 52.4 Å². The van der Waals surface area contributed by atoms with E-state index in [-0.39, 0.29) is 6.10 Å². The summed E-state index contributed by atoms with van der Waals surface area (Å²) in [4.78, 5) is 2.69. The number of aliphatic hydroxyl groups excluding tert-OH is 1. The molecule has 1 saturated carbocycles. The summed E-state index contributed by atoms with van der Waals surface area (Å²) in [6, 6.07) is 1.45. The number of likely N-dealkylation sites (tertiary alicyclic amines) is 1. The van der Waals surface area contributed by atoms with Crippen LogP contribution >= 0.6 is 0 Å². The van der Waals surface area contributed by atoms with Gasteiger partial charge in [-0.25, -0.2) is 0 Å². The van der Waals surface area contributed by atoms with Crippen molar-refractivity contribution in [2.24, 2.45) is 5.92 Å². The molecule has 2 nitrogen and oxygen atoms in total. The van der Waals surface area contributed by atoms with E-state index in [1.165, 1.54) is 32.2 Å². The van der Waals surface area contributed by atoms with Gasteiger partial charge in [0.05, 0.1) is 6.10 Å². The molecule has 0 aromatic rings. The van der Waals surface area contributed by atoms with E-state index in [4.69, 9.17) is 0 Å². The highest BCUT2D eigenvalue weighted by atomic mass is 16.3. The molecule has 0 amide bonds. The minimum absolute atomic E-state index is 0.0304. The van der Waals surface area contributed by atoms with Crippen LogP contribution in [-0.2, 0) is 0 Å². The molecule has 88 valence electrons. The van der Waals surface area contributed by atoms with Gasteiger partial charge in [0.25, 0.3) is 0 Å². The SMILES string of the molecule is CC(C)C1CCCN1C1CCCC(O)C1. The van der Waals surface area contributed by atoms with Crippen molar-refractivity contribution in [3.63, 3.8) is 0 Å². The fraction of sp³-hybridized carbons (Fsp3) is 1.00. The second kappa shape index (κ2) is 4.84. The Morgan fingerprint density at radius 3 is 2.60 bits per heavy atom. The molecular formula is C13H25NO. The quantitative estimate of drug-likeness (QED) is 0.758. The molecule has 0 aromatic heterocycles. The minimum Gasteiger partial charge on any atom is -0.393 e. The average molecular weight is 211 g/mol. The van der Waals surface area contributed by atoms with Crippen molar-refractivity contribution in [3.05, 3.63) is 0 Å². The maximum atomic E-state index is 9.74. The van der Waals surface area contributed by atoms with Gasteiger partial charge in [0.15, 0.2) is 0 Å². The summed E-state index contributed by atoms with van der Waals surface area (Å²) < 4.78 is 0. The number of hydrogen-bond acceptors (Lipinski definition) is 2. The van der Waals surface area contributed by atoms with Gasteiger partial charge >= 0.3 is 0 Å². The van der Waals surface area contributed by atoms with Gasteiger partial charge in [-0.15, -0.1) is 0 Å². The van der Waals surface area contributed by atoms with Crippen LogP contribution in [0.5, 0.6) is 0 Å². The van der Waals surface area contributed by atoms with Gasteiger partial charge in [-0.1, -0.05) is 13.8 Å². The van der Waals surface area contributed by atoms with Crippen LogP contribution in [0.15, 0.2) is 0 Å². The molecular weight excluding hydrogens is 186 g/mol. The fourth-order valence-electron chi connectivity index (χ4n) is 3.42. The Morgan fingerprint density at radius 1 is 1.13 bits per heavy atom. The van der Waals surface area contributed by atoms with Crippen molar-refractivity contribution in [2.75, 3.05) is 6.54 Å². The van der Waals surface area contributed by atoms with E-state index in [1.807, 2.05) is 0 Å². The van der Waals surface area contributed by atoms with Gasteiger partial charge in [0.2, 0.25) is 0 Å². The molecule has 0 aromatic carbocycles. The highest BCUT2D eigenvalue weighted by Gasteiger charge is 2.34. The molecule has 1 aliphatic heterocycles. The predicted molar refractivity (Wildman–Crippen MR) is 62.8 cm³/mol. The Hall–Kier alpha value is -0.0800. The van der Waals surface area contributed by atoms with Gasteiger partial charge in [-0.05, 0) is 51.0 Å².